The van der Waals surface area contributed by atoms with Crippen molar-refractivity contribution in [2.75, 3.05) is 11.9 Å². The van der Waals surface area contributed by atoms with E-state index in [4.69, 9.17) is 0 Å². The summed E-state index contributed by atoms with van der Waals surface area (Å²) in [6, 6.07) is 4.12. The van der Waals surface area contributed by atoms with Gasteiger partial charge in [-0.05, 0) is 17.9 Å². The van der Waals surface area contributed by atoms with E-state index in [0.717, 1.165) is 23.5 Å². The molecule has 3 rings (SSSR count). The number of thiophene rings is 1. The summed E-state index contributed by atoms with van der Waals surface area (Å²) in [6.07, 6.45) is 2.69. The Hall–Kier alpha value is -1.60. The Kier molecular flexibility index (Phi) is 3.65. The minimum Gasteiger partial charge on any atom is -0.354 e. The lowest BCUT2D eigenvalue weighted by atomic mass is 10.5. The number of imidazole rings is 1. The largest absolute Gasteiger partial charge is 0.354 e. The number of aromatic nitrogens is 4. The van der Waals surface area contributed by atoms with Crippen LogP contribution in [0.4, 0.5) is 5.95 Å². The number of rotatable bonds is 5. The van der Waals surface area contributed by atoms with E-state index >= 15 is 0 Å². The van der Waals surface area contributed by atoms with Crippen LogP contribution >= 0.6 is 23.1 Å². The quantitative estimate of drug-likeness (QED) is 0.705. The van der Waals surface area contributed by atoms with Gasteiger partial charge < -0.3 is 10.3 Å². The van der Waals surface area contributed by atoms with E-state index < -0.39 is 0 Å². The summed E-state index contributed by atoms with van der Waals surface area (Å²) in [5.74, 6) is 0.639. The van der Waals surface area contributed by atoms with E-state index in [1.165, 1.54) is 4.21 Å². The van der Waals surface area contributed by atoms with Crippen molar-refractivity contribution >= 4 is 40.2 Å². The first-order chi connectivity index (χ1) is 9.36. The number of anilines is 1. The molecule has 3 aromatic heterocycles. The Labute approximate surface area is 118 Å². The van der Waals surface area contributed by atoms with Crippen LogP contribution in [0.25, 0.3) is 11.2 Å². The van der Waals surface area contributed by atoms with Gasteiger partial charge in [-0.25, -0.2) is 9.97 Å². The molecule has 0 unspecified atom stereocenters. The predicted octanol–water partition coefficient (Wildman–Crippen LogP) is 3.39. The van der Waals surface area contributed by atoms with Gasteiger partial charge in [-0.3, -0.25) is 0 Å². The van der Waals surface area contributed by atoms with Gasteiger partial charge in [0, 0.05) is 6.54 Å². The van der Waals surface area contributed by atoms with Crippen molar-refractivity contribution in [1.29, 1.82) is 0 Å². The van der Waals surface area contributed by atoms with Gasteiger partial charge in [0.2, 0.25) is 5.95 Å². The third-order valence-corrected chi connectivity index (χ3v) is 4.50. The molecule has 3 heterocycles. The zero-order valence-electron chi connectivity index (χ0n) is 10.4. The molecule has 3 aromatic rings. The lowest BCUT2D eigenvalue weighted by Gasteiger charge is -2.05. The Morgan fingerprint density at radius 2 is 2.37 bits per heavy atom. The minimum atomic E-state index is 0.639. The molecule has 0 atom stereocenters. The molecule has 5 nitrogen and oxygen atoms in total. The summed E-state index contributed by atoms with van der Waals surface area (Å²) < 4.78 is 1.20. The van der Waals surface area contributed by atoms with Crippen LogP contribution in [0.3, 0.4) is 0 Å². The highest BCUT2D eigenvalue weighted by atomic mass is 32.2. The molecule has 0 amide bonds. The second-order valence-electron chi connectivity index (χ2n) is 3.91. The molecule has 0 spiro atoms. The van der Waals surface area contributed by atoms with E-state index in [0.29, 0.717) is 11.6 Å². The Morgan fingerprint density at radius 3 is 3.16 bits per heavy atom. The average molecular weight is 291 g/mol. The van der Waals surface area contributed by atoms with E-state index in [9.17, 15) is 0 Å². The van der Waals surface area contributed by atoms with Crippen LogP contribution < -0.4 is 5.32 Å². The topological polar surface area (TPSA) is 66.5 Å². The second-order valence-corrected chi connectivity index (χ2v) is 6.15. The lowest BCUT2D eigenvalue weighted by molar-refractivity contribution is 0.944. The molecule has 19 heavy (non-hydrogen) atoms. The summed E-state index contributed by atoms with van der Waals surface area (Å²) >= 11 is 3.33. The summed E-state index contributed by atoms with van der Waals surface area (Å²) in [4.78, 5) is 16.3. The molecule has 0 aliphatic rings. The van der Waals surface area contributed by atoms with Crippen LogP contribution in [-0.4, -0.2) is 26.5 Å². The highest BCUT2D eigenvalue weighted by Gasteiger charge is 2.11. The molecular formula is C12H13N5S2. The number of H-pyrrole nitrogens is 1. The zero-order chi connectivity index (χ0) is 13.1. The lowest BCUT2D eigenvalue weighted by Crippen LogP contribution is -2.05. The molecule has 0 saturated carbocycles. The van der Waals surface area contributed by atoms with Gasteiger partial charge >= 0.3 is 0 Å². The first-order valence-electron chi connectivity index (χ1n) is 6.03. The maximum absolute atomic E-state index is 4.56. The molecule has 0 fully saturated rings. The van der Waals surface area contributed by atoms with Crippen LogP contribution in [0.2, 0.25) is 0 Å². The third kappa shape index (κ3) is 2.71. The van der Waals surface area contributed by atoms with Crippen LogP contribution in [0.5, 0.6) is 0 Å². The standard InChI is InChI=1S/C12H13N5S2/c1-2-5-13-12-16-10-9(14-7-15-10)11(17-12)19-8-4-3-6-18-8/h3-4,6-7H,2,5H2,1H3,(H2,13,14,15,16,17). The smallest absolute Gasteiger partial charge is 0.225 e. The molecule has 7 heteroatoms. The molecule has 0 aromatic carbocycles. The van der Waals surface area contributed by atoms with Crippen molar-refractivity contribution in [2.45, 2.75) is 22.6 Å². The first-order valence-corrected chi connectivity index (χ1v) is 7.73. The van der Waals surface area contributed by atoms with Gasteiger partial charge in [0.1, 0.15) is 10.5 Å². The SMILES string of the molecule is CCCNc1nc(Sc2cccs2)c2[nH]cnc2n1. The fraction of sp³-hybridized carbons (Fsp3) is 0.250. The molecular weight excluding hydrogens is 278 g/mol. The van der Waals surface area contributed by atoms with E-state index in [-0.39, 0.29) is 0 Å². The molecule has 0 radical (unpaired) electrons. The van der Waals surface area contributed by atoms with Gasteiger partial charge in [-0.15, -0.1) is 11.3 Å². The molecule has 0 aliphatic heterocycles. The summed E-state index contributed by atoms with van der Waals surface area (Å²) in [6.45, 7) is 2.97. The van der Waals surface area contributed by atoms with Crippen LogP contribution in [0.1, 0.15) is 13.3 Å². The average Bonchev–Trinajstić information content (AvgIpc) is 3.06. The van der Waals surface area contributed by atoms with Gasteiger partial charge in [0.25, 0.3) is 0 Å². The predicted molar refractivity (Wildman–Crippen MR) is 78.9 cm³/mol. The van der Waals surface area contributed by atoms with E-state index in [2.05, 4.69) is 43.6 Å². The van der Waals surface area contributed by atoms with Crippen molar-refractivity contribution < 1.29 is 0 Å². The van der Waals surface area contributed by atoms with Crippen LogP contribution in [-0.2, 0) is 0 Å². The van der Waals surface area contributed by atoms with Crippen LogP contribution in [0, 0.1) is 0 Å². The minimum absolute atomic E-state index is 0.639. The Bertz CT molecular complexity index is 662. The molecule has 0 saturated heterocycles. The van der Waals surface area contributed by atoms with Crippen molar-refractivity contribution in [1.82, 2.24) is 19.9 Å². The molecule has 98 valence electrons. The van der Waals surface area contributed by atoms with E-state index in [1.807, 2.05) is 6.07 Å². The van der Waals surface area contributed by atoms with Crippen molar-refractivity contribution in [3.8, 4) is 0 Å². The molecule has 0 bridgehead atoms. The molecule has 2 N–H and O–H groups in total. The molecule has 0 aliphatic carbocycles. The number of fused-ring (bicyclic) bond motifs is 1. The van der Waals surface area contributed by atoms with Crippen LogP contribution in [0.15, 0.2) is 33.1 Å². The third-order valence-electron chi connectivity index (χ3n) is 2.48. The van der Waals surface area contributed by atoms with E-state index in [1.54, 1.807) is 29.4 Å². The Morgan fingerprint density at radius 1 is 1.42 bits per heavy atom. The van der Waals surface area contributed by atoms with Crippen molar-refractivity contribution in [3.63, 3.8) is 0 Å². The number of hydrogen-bond acceptors (Lipinski definition) is 6. The maximum atomic E-state index is 4.56. The van der Waals surface area contributed by atoms with Gasteiger partial charge in [-0.1, -0.05) is 24.8 Å². The first kappa shape index (κ1) is 12.4. The monoisotopic (exact) mass is 291 g/mol. The second kappa shape index (κ2) is 5.58. The number of nitrogens with zero attached hydrogens (tertiary/aromatic N) is 3. The summed E-state index contributed by atoms with van der Waals surface area (Å²) in [7, 11) is 0. The maximum Gasteiger partial charge on any atom is 0.225 e. The fourth-order valence-corrected chi connectivity index (χ4v) is 3.38. The summed E-state index contributed by atoms with van der Waals surface area (Å²) in [5, 5.41) is 6.18. The Balaban J connectivity index is 1.97. The van der Waals surface area contributed by atoms with Gasteiger partial charge in [-0.2, -0.15) is 4.98 Å². The highest BCUT2D eigenvalue weighted by molar-refractivity contribution is 8.01. The number of aromatic amines is 1. The number of hydrogen-bond donors (Lipinski definition) is 2. The van der Waals surface area contributed by atoms with Crippen molar-refractivity contribution in [2.24, 2.45) is 0 Å². The zero-order valence-corrected chi connectivity index (χ0v) is 12.0. The summed E-state index contributed by atoms with van der Waals surface area (Å²) in [5.41, 5.74) is 1.59. The van der Waals surface area contributed by atoms with Gasteiger partial charge in [0.05, 0.1) is 10.5 Å². The normalized spacial score (nSPS) is 11.0. The number of nitrogens with one attached hydrogen (secondary N) is 2. The van der Waals surface area contributed by atoms with Crippen molar-refractivity contribution in [3.05, 3.63) is 23.8 Å². The highest BCUT2D eigenvalue weighted by Crippen LogP contribution is 2.33. The fourth-order valence-electron chi connectivity index (χ4n) is 1.61. The van der Waals surface area contributed by atoms with Gasteiger partial charge in [0.15, 0.2) is 5.65 Å².